The van der Waals surface area contributed by atoms with Gasteiger partial charge in [0.25, 0.3) is 11.8 Å². The van der Waals surface area contributed by atoms with Gasteiger partial charge in [-0.15, -0.1) is 0 Å². The molecule has 1 N–H and O–H groups in total. The largest absolute Gasteiger partial charge is 0.508 e. The van der Waals surface area contributed by atoms with Gasteiger partial charge < -0.3 is 19.6 Å². The maximum atomic E-state index is 12.7. The Balaban J connectivity index is 1.53. The molecule has 1 heterocycles. The van der Waals surface area contributed by atoms with E-state index in [1.165, 1.54) is 17.7 Å². The molecule has 1 aliphatic heterocycles. The van der Waals surface area contributed by atoms with E-state index in [-0.39, 0.29) is 17.6 Å². The predicted molar refractivity (Wildman–Crippen MR) is 111 cm³/mol. The highest BCUT2D eigenvalue weighted by Gasteiger charge is 2.28. The first kappa shape index (κ1) is 20.7. The van der Waals surface area contributed by atoms with Crippen LogP contribution in [0.5, 0.6) is 11.5 Å². The molecule has 0 aromatic heterocycles. The number of amides is 2. The van der Waals surface area contributed by atoms with Crippen molar-refractivity contribution in [1.29, 1.82) is 0 Å². The number of phenols is 1. The fourth-order valence-corrected chi connectivity index (χ4v) is 3.39. The number of phenolic OH excluding ortho intramolecular Hbond substituents is 1. The summed E-state index contributed by atoms with van der Waals surface area (Å²) in [6.45, 7) is 7.85. The number of hydrogen-bond donors (Lipinski definition) is 1. The van der Waals surface area contributed by atoms with Crippen LogP contribution in [0, 0.1) is 0 Å². The molecule has 0 bridgehead atoms. The van der Waals surface area contributed by atoms with Crippen LogP contribution in [0.2, 0.25) is 0 Å². The van der Waals surface area contributed by atoms with Crippen molar-refractivity contribution < 1.29 is 19.4 Å². The van der Waals surface area contributed by atoms with Crippen molar-refractivity contribution in [3.05, 3.63) is 59.7 Å². The van der Waals surface area contributed by atoms with Crippen LogP contribution >= 0.6 is 0 Å². The van der Waals surface area contributed by atoms with Crippen LogP contribution in [0.15, 0.2) is 48.5 Å². The number of hydrogen-bond acceptors (Lipinski definition) is 4. The lowest BCUT2D eigenvalue weighted by molar-refractivity contribution is -0.139. The highest BCUT2D eigenvalue weighted by atomic mass is 16.5. The highest BCUT2D eigenvalue weighted by molar-refractivity contribution is 5.94. The molecule has 3 rings (SSSR count). The molecular weight excluding hydrogens is 368 g/mol. The first-order valence-electron chi connectivity index (χ1n) is 9.99. The third-order valence-corrected chi connectivity index (χ3v) is 5.18. The molecule has 154 valence electrons. The monoisotopic (exact) mass is 396 g/mol. The molecule has 6 nitrogen and oxygen atoms in total. The van der Waals surface area contributed by atoms with Crippen molar-refractivity contribution in [3.8, 4) is 11.5 Å². The van der Waals surface area contributed by atoms with Crippen LogP contribution in [-0.2, 0) is 4.79 Å². The van der Waals surface area contributed by atoms with Gasteiger partial charge in [-0.3, -0.25) is 9.59 Å². The topological polar surface area (TPSA) is 70.1 Å². The molecule has 29 heavy (non-hydrogen) atoms. The lowest BCUT2D eigenvalue weighted by Gasteiger charge is -2.36. The predicted octanol–water partition coefficient (Wildman–Crippen LogP) is 3.27. The molecule has 0 spiro atoms. The van der Waals surface area contributed by atoms with E-state index in [1.807, 2.05) is 24.3 Å². The molecule has 1 saturated heterocycles. The minimum absolute atomic E-state index is 0.0667. The molecule has 0 saturated carbocycles. The van der Waals surface area contributed by atoms with Crippen molar-refractivity contribution in [2.24, 2.45) is 0 Å². The summed E-state index contributed by atoms with van der Waals surface area (Å²) in [5, 5.41) is 9.56. The van der Waals surface area contributed by atoms with E-state index in [1.54, 1.807) is 28.9 Å². The fourth-order valence-electron chi connectivity index (χ4n) is 3.39. The van der Waals surface area contributed by atoms with Crippen molar-refractivity contribution >= 4 is 11.8 Å². The molecule has 2 aromatic rings. The number of benzene rings is 2. The van der Waals surface area contributed by atoms with Crippen LogP contribution in [0.25, 0.3) is 0 Å². The van der Waals surface area contributed by atoms with Crippen LogP contribution in [0.1, 0.15) is 42.6 Å². The summed E-state index contributed by atoms with van der Waals surface area (Å²) in [6, 6.07) is 14.1. The van der Waals surface area contributed by atoms with Gasteiger partial charge in [-0.25, -0.2) is 0 Å². The Morgan fingerprint density at radius 3 is 2.14 bits per heavy atom. The normalized spacial score (nSPS) is 15.3. The van der Waals surface area contributed by atoms with E-state index < -0.39 is 6.10 Å². The second kappa shape index (κ2) is 8.99. The van der Waals surface area contributed by atoms with Crippen molar-refractivity contribution in [3.63, 3.8) is 0 Å². The maximum absolute atomic E-state index is 12.7. The van der Waals surface area contributed by atoms with Crippen LogP contribution in [0.3, 0.4) is 0 Å². The Labute approximate surface area is 171 Å². The Kier molecular flexibility index (Phi) is 6.42. The SMILES string of the molecule is CC(Oc1ccc(C(C)C)cc1)C(=O)N1CCN(C(=O)c2cccc(O)c2)CC1. The standard InChI is InChI=1S/C23H28N2O4/c1-16(2)18-7-9-21(10-8-18)29-17(3)22(27)24-11-13-25(14-12-24)23(28)19-5-4-6-20(26)15-19/h4-10,15-17,26H,11-14H2,1-3H3. The van der Waals surface area contributed by atoms with E-state index in [9.17, 15) is 14.7 Å². The van der Waals surface area contributed by atoms with Crippen LogP contribution < -0.4 is 4.74 Å². The molecule has 2 aromatic carbocycles. The number of rotatable bonds is 5. The molecule has 6 heteroatoms. The summed E-state index contributed by atoms with van der Waals surface area (Å²) in [7, 11) is 0. The summed E-state index contributed by atoms with van der Waals surface area (Å²) in [5.41, 5.74) is 1.68. The van der Waals surface area contributed by atoms with E-state index in [4.69, 9.17) is 4.74 Å². The van der Waals surface area contributed by atoms with Crippen molar-refractivity contribution in [1.82, 2.24) is 9.80 Å². The van der Waals surface area contributed by atoms with Gasteiger partial charge in [0.1, 0.15) is 11.5 Å². The Morgan fingerprint density at radius 2 is 1.55 bits per heavy atom. The van der Waals surface area contributed by atoms with E-state index in [0.717, 1.165) is 0 Å². The molecular formula is C23H28N2O4. The van der Waals surface area contributed by atoms with Gasteiger partial charge in [0, 0.05) is 31.7 Å². The first-order chi connectivity index (χ1) is 13.8. The maximum Gasteiger partial charge on any atom is 0.263 e. The van der Waals surface area contributed by atoms with Gasteiger partial charge in [0.05, 0.1) is 0 Å². The van der Waals surface area contributed by atoms with E-state index in [0.29, 0.717) is 43.4 Å². The molecule has 2 amide bonds. The average molecular weight is 396 g/mol. The zero-order valence-corrected chi connectivity index (χ0v) is 17.2. The molecule has 1 unspecified atom stereocenters. The second-order valence-electron chi connectivity index (χ2n) is 7.65. The molecule has 1 fully saturated rings. The molecule has 1 aliphatic rings. The summed E-state index contributed by atoms with van der Waals surface area (Å²) in [5.74, 6) is 0.969. The smallest absolute Gasteiger partial charge is 0.263 e. The van der Waals surface area contributed by atoms with Gasteiger partial charge in [-0.2, -0.15) is 0 Å². The number of aromatic hydroxyl groups is 1. The third kappa shape index (κ3) is 5.08. The number of piperazine rings is 1. The zero-order valence-electron chi connectivity index (χ0n) is 17.2. The zero-order chi connectivity index (χ0) is 21.0. The summed E-state index contributed by atoms with van der Waals surface area (Å²) < 4.78 is 5.82. The van der Waals surface area contributed by atoms with E-state index >= 15 is 0 Å². The number of carbonyl (C=O) groups is 2. The Bertz CT molecular complexity index is 855. The highest BCUT2D eigenvalue weighted by Crippen LogP contribution is 2.20. The number of ether oxygens (including phenoxy) is 1. The summed E-state index contributed by atoms with van der Waals surface area (Å²) in [4.78, 5) is 28.7. The third-order valence-electron chi connectivity index (χ3n) is 5.18. The van der Waals surface area contributed by atoms with Gasteiger partial charge in [0.15, 0.2) is 6.10 Å². The number of nitrogens with zero attached hydrogens (tertiary/aromatic N) is 2. The second-order valence-corrected chi connectivity index (χ2v) is 7.65. The van der Waals surface area contributed by atoms with Gasteiger partial charge in [-0.05, 0) is 48.7 Å². The first-order valence-corrected chi connectivity index (χ1v) is 9.99. The van der Waals surface area contributed by atoms with Crippen LogP contribution in [-0.4, -0.2) is 59.0 Å². The van der Waals surface area contributed by atoms with Crippen LogP contribution in [0.4, 0.5) is 0 Å². The minimum atomic E-state index is -0.590. The molecule has 0 aliphatic carbocycles. The lowest BCUT2D eigenvalue weighted by atomic mass is 10.0. The number of carbonyl (C=O) groups excluding carboxylic acids is 2. The Hall–Kier alpha value is -3.02. The Morgan fingerprint density at radius 1 is 0.931 bits per heavy atom. The minimum Gasteiger partial charge on any atom is -0.508 e. The molecule has 0 radical (unpaired) electrons. The van der Waals surface area contributed by atoms with Crippen molar-refractivity contribution in [2.75, 3.05) is 26.2 Å². The van der Waals surface area contributed by atoms with Gasteiger partial charge >= 0.3 is 0 Å². The van der Waals surface area contributed by atoms with Gasteiger partial charge in [-0.1, -0.05) is 32.0 Å². The lowest BCUT2D eigenvalue weighted by Crippen LogP contribution is -2.53. The summed E-state index contributed by atoms with van der Waals surface area (Å²) >= 11 is 0. The van der Waals surface area contributed by atoms with E-state index in [2.05, 4.69) is 13.8 Å². The van der Waals surface area contributed by atoms with Gasteiger partial charge in [0.2, 0.25) is 0 Å². The fraction of sp³-hybridized carbons (Fsp3) is 0.391. The average Bonchev–Trinajstić information content (AvgIpc) is 2.73. The summed E-state index contributed by atoms with van der Waals surface area (Å²) in [6.07, 6.45) is -0.590. The van der Waals surface area contributed by atoms with Crippen molar-refractivity contribution in [2.45, 2.75) is 32.8 Å². The molecule has 1 atom stereocenters. The quantitative estimate of drug-likeness (QED) is 0.842.